The van der Waals surface area contributed by atoms with E-state index in [2.05, 4.69) is 26.1 Å². The van der Waals surface area contributed by atoms with Crippen LogP contribution in [-0.4, -0.2) is 12.9 Å². The molecule has 0 unspecified atom stereocenters. The predicted molar refractivity (Wildman–Crippen MR) is 84.3 cm³/mol. The van der Waals surface area contributed by atoms with Crippen molar-refractivity contribution in [3.05, 3.63) is 36.0 Å². The van der Waals surface area contributed by atoms with E-state index in [1.165, 1.54) is 0 Å². The van der Waals surface area contributed by atoms with Gasteiger partial charge in [0.05, 0.1) is 7.11 Å². The van der Waals surface area contributed by atoms with Gasteiger partial charge in [-0.3, -0.25) is 4.79 Å². The molecule has 0 radical (unpaired) electrons. The summed E-state index contributed by atoms with van der Waals surface area (Å²) in [5.74, 6) is 1.53. The lowest BCUT2D eigenvalue weighted by Gasteiger charge is -2.31. The summed E-state index contributed by atoms with van der Waals surface area (Å²) in [6.45, 7) is 6.59. The summed E-state index contributed by atoms with van der Waals surface area (Å²) >= 11 is 0. The summed E-state index contributed by atoms with van der Waals surface area (Å²) in [6.07, 6.45) is 4.05. The number of rotatable bonds is 3. The molecule has 3 rings (SSSR count). The van der Waals surface area contributed by atoms with Crippen LogP contribution >= 0.6 is 0 Å². The number of fused-ring (bicyclic) bond motifs is 2. The first-order valence-electron chi connectivity index (χ1n) is 7.55. The van der Waals surface area contributed by atoms with Crippen molar-refractivity contribution in [3.8, 4) is 5.75 Å². The monoisotopic (exact) mass is 285 g/mol. The van der Waals surface area contributed by atoms with Crippen LogP contribution in [0.4, 0.5) is 5.69 Å². The Morgan fingerprint density at radius 3 is 2.43 bits per heavy atom. The Labute approximate surface area is 126 Å². The maximum atomic E-state index is 12.7. The van der Waals surface area contributed by atoms with Gasteiger partial charge in [-0.2, -0.15) is 0 Å². The highest BCUT2D eigenvalue weighted by Crippen LogP contribution is 2.65. The topological polar surface area (TPSA) is 38.3 Å². The molecule has 0 saturated heterocycles. The molecule has 2 aliphatic carbocycles. The molecule has 1 aromatic carbocycles. The first-order valence-corrected chi connectivity index (χ1v) is 7.55. The van der Waals surface area contributed by atoms with Crippen molar-refractivity contribution >= 4 is 11.5 Å². The Hall–Kier alpha value is -1.77. The summed E-state index contributed by atoms with van der Waals surface area (Å²) in [5, 5.41) is 3.27. The van der Waals surface area contributed by atoms with Crippen LogP contribution in [-0.2, 0) is 4.79 Å². The number of anilines is 1. The Morgan fingerprint density at radius 1 is 1.24 bits per heavy atom. The van der Waals surface area contributed by atoms with Gasteiger partial charge in [-0.05, 0) is 48.4 Å². The van der Waals surface area contributed by atoms with Crippen LogP contribution in [0.25, 0.3) is 0 Å². The van der Waals surface area contributed by atoms with E-state index >= 15 is 0 Å². The molecular formula is C18H23NO2. The molecule has 112 valence electrons. The second kappa shape index (κ2) is 4.62. The molecule has 1 aromatic rings. The first-order chi connectivity index (χ1) is 9.90. The fourth-order valence-electron chi connectivity index (χ4n) is 3.94. The summed E-state index contributed by atoms with van der Waals surface area (Å²) in [6, 6.07) is 7.74. The Morgan fingerprint density at radius 2 is 1.90 bits per heavy atom. The second-order valence-electron chi connectivity index (χ2n) is 6.95. The van der Waals surface area contributed by atoms with E-state index in [0.29, 0.717) is 11.7 Å². The lowest BCUT2D eigenvalue weighted by molar-refractivity contribution is -0.125. The molecule has 0 aromatic heterocycles. The van der Waals surface area contributed by atoms with Gasteiger partial charge in [0.15, 0.2) is 5.78 Å². The third kappa shape index (κ3) is 1.90. The maximum absolute atomic E-state index is 12.7. The number of benzene rings is 1. The van der Waals surface area contributed by atoms with Gasteiger partial charge in [0.1, 0.15) is 5.75 Å². The van der Waals surface area contributed by atoms with Crippen molar-refractivity contribution in [1.29, 1.82) is 0 Å². The van der Waals surface area contributed by atoms with Crippen molar-refractivity contribution in [2.75, 3.05) is 12.4 Å². The molecule has 0 spiro atoms. The fraction of sp³-hybridized carbons (Fsp3) is 0.500. The van der Waals surface area contributed by atoms with Gasteiger partial charge in [-0.1, -0.05) is 20.8 Å². The molecule has 3 heteroatoms. The van der Waals surface area contributed by atoms with E-state index in [1.807, 2.05) is 30.5 Å². The molecule has 0 heterocycles. The zero-order chi connectivity index (χ0) is 15.3. The van der Waals surface area contributed by atoms with E-state index in [1.54, 1.807) is 7.11 Å². The fourth-order valence-corrected chi connectivity index (χ4v) is 3.94. The zero-order valence-corrected chi connectivity index (χ0v) is 13.2. The third-order valence-corrected chi connectivity index (χ3v) is 5.85. The van der Waals surface area contributed by atoms with Gasteiger partial charge < -0.3 is 10.1 Å². The lowest BCUT2D eigenvalue weighted by atomic mass is 9.70. The van der Waals surface area contributed by atoms with E-state index < -0.39 is 0 Å². The third-order valence-electron chi connectivity index (χ3n) is 5.85. The summed E-state index contributed by atoms with van der Waals surface area (Å²) in [5.41, 5.74) is 1.81. The van der Waals surface area contributed by atoms with Crippen molar-refractivity contribution in [2.45, 2.75) is 33.6 Å². The number of carbonyl (C=O) groups excluding carboxylic acids is 1. The minimum Gasteiger partial charge on any atom is -0.497 e. The molecule has 2 aliphatic rings. The quantitative estimate of drug-likeness (QED) is 0.853. The van der Waals surface area contributed by atoms with Crippen LogP contribution in [0.1, 0.15) is 33.6 Å². The van der Waals surface area contributed by atoms with E-state index in [4.69, 9.17) is 4.74 Å². The maximum Gasteiger partial charge on any atom is 0.167 e. The molecular weight excluding hydrogens is 262 g/mol. The number of hydrogen-bond donors (Lipinski definition) is 1. The zero-order valence-electron chi connectivity index (χ0n) is 13.2. The Bertz CT molecular complexity index is 600. The number of ketones is 1. The predicted octanol–water partition coefficient (Wildman–Crippen LogP) is 4.02. The summed E-state index contributed by atoms with van der Waals surface area (Å²) < 4.78 is 5.15. The number of Topliss-reactive ketones (excluding diaryl/α,β-unsaturated/α-hetero) is 1. The van der Waals surface area contributed by atoms with E-state index in [0.717, 1.165) is 29.9 Å². The van der Waals surface area contributed by atoms with Crippen LogP contribution in [0, 0.1) is 16.7 Å². The SMILES string of the molecule is COc1ccc(NC=C2C(=O)[C@@]3(C)CC[C@H]2C3(C)C)cc1. The van der Waals surface area contributed by atoms with Crippen LogP contribution in [0.15, 0.2) is 36.0 Å². The highest BCUT2D eigenvalue weighted by atomic mass is 16.5. The van der Waals surface area contributed by atoms with E-state index in [-0.39, 0.29) is 10.8 Å². The normalized spacial score (nSPS) is 31.7. The van der Waals surface area contributed by atoms with Crippen molar-refractivity contribution < 1.29 is 9.53 Å². The number of carbonyl (C=O) groups is 1. The summed E-state index contributed by atoms with van der Waals surface area (Å²) in [4.78, 5) is 12.7. The molecule has 2 atom stereocenters. The number of hydrogen-bond acceptors (Lipinski definition) is 3. The van der Waals surface area contributed by atoms with Gasteiger partial charge in [-0.25, -0.2) is 0 Å². The van der Waals surface area contributed by atoms with Crippen molar-refractivity contribution in [1.82, 2.24) is 0 Å². The molecule has 1 N–H and O–H groups in total. The van der Waals surface area contributed by atoms with E-state index in [9.17, 15) is 4.79 Å². The lowest BCUT2D eigenvalue weighted by Crippen LogP contribution is -2.32. The van der Waals surface area contributed by atoms with Crippen LogP contribution in [0.5, 0.6) is 5.75 Å². The van der Waals surface area contributed by atoms with Crippen LogP contribution in [0.2, 0.25) is 0 Å². The minimum absolute atomic E-state index is 0.0670. The number of methoxy groups -OCH3 is 1. The standard InChI is InChI=1S/C18H23NO2/c1-17(2)15-9-10-18(17,3)16(20)14(15)11-19-12-5-7-13(21-4)8-6-12/h5-8,11,15,19H,9-10H2,1-4H3/t15-,18-/m1/s1. The minimum atomic E-state index is -0.189. The smallest absolute Gasteiger partial charge is 0.167 e. The molecule has 21 heavy (non-hydrogen) atoms. The Kier molecular flexibility index (Phi) is 3.12. The molecule has 0 amide bonds. The number of nitrogens with one attached hydrogen (secondary N) is 1. The average Bonchev–Trinajstić information content (AvgIpc) is 2.78. The second-order valence-corrected chi connectivity index (χ2v) is 6.95. The largest absolute Gasteiger partial charge is 0.497 e. The van der Waals surface area contributed by atoms with Crippen molar-refractivity contribution in [3.63, 3.8) is 0 Å². The number of allylic oxidation sites excluding steroid dienone is 1. The Balaban J connectivity index is 1.83. The average molecular weight is 285 g/mol. The molecule has 3 nitrogen and oxygen atoms in total. The van der Waals surface area contributed by atoms with Crippen molar-refractivity contribution in [2.24, 2.45) is 16.7 Å². The molecule has 2 fully saturated rings. The highest BCUT2D eigenvalue weighted by Gasteiger charge is 2.63. The van der Waals surface area contributed by atoms with Gasteiger partial charge in [0.25, 0.3) is 0 Å². The van der Waals surface area contributed by atoms with Gasteiger partial charge in [0.2, 0.25) is 0 Å². The molecule has 2 saturated carbocycles. The van der Waals surface area contributed by atoms with Gasteiger partial charge in [0, 0.05) is 22.9 Å². The molecule has 0 aliphatic heterocycles. The van der Waals surface area contributed by atoms with Crippen LogP contribution in [0.3, 0.4) is 0 Å². The first kappa shape index (κ1) is 14.2. The summed E-state index contributed by atoms with van der Waals surface area (Å²) in [7, 11) is 1.65. The van der Waals surface area contributed by atoms with Gasteiger partial charge in [-0.15, -0.1) is 0 Å². The molecule has 2 bridgehead atoms. The van der Waals surface area contributed by atoms with Gasteiger partial charge >= 0.3 is 0 Å². The van der Waals surface area contributed by atoms with Crippen LogP contribution < -0.4 is 10.1 Å². The number of ether oxygens (including phenoxy) is 1. The highest BCUT2D eigenvalue weighted by molar-refractivity contribution is 6.04.